The average molecular weight is 475 g/mol. The summed E-state index contributed by atoms with van der Waals surface area (Å²) in [6.45, 7) is 9.68. The Morgan fingerprint density at radius 2 is 1.06 bits per heavy atom. The summed E-state index contributed by atoms with van der Waals surface area (Å²) in [6.07, 6.45) is 0. The molecule has 1 heterocycles. The molecule has 0 radical (unpaired) electrons. The van der Waals surface area contributed by atoms with Crippen molar-refractivity contribution >= 4 is 34.0 Å². The fourth-order valence-corrected chi connectivity index (χ4v) is 3.28. The van der Waals surface area contributed by atoms with E-state index in [0.29, 0.717) is 0 Å². The smallest absolute Gasteiger partial charge is 0.375 e. The van der Waals surface area contributed by atoms with Crippen LogP contribution in [0.25, 0.3) is 22.1 Å². The number of carbonyl (C=O) groups excluding carboxylic acids is 2. The van der Waals surface area contributed by atoms with Gasteiger partial charge in [0, 0.05) is 21.6 Å². The van der Waals surface area contributed by atoms with Gasteiger partial charge in [-0.15, -0.1) is 0 Å². The predicted molar refractivity (Wildman–Crippen MR) is 119 cm³/mol. The fraction of sp³-hybridized carbons (Fsp3) is 0.417. The van der Waals surface area contributed by atoms with Crippen molar-refractivity contribution in [1.82, 2.24) is 0 Å². The van der Waals surface area contributed by atoms with Crippen LogP contribution in [-0.2, 0) is 19.1 Å². The number of aromatic nitrogens is 2. The van der Waals surface area contributed by atoms with E-state index in [9.17, 15) is 20.0 Å². The van der Waals surface area contributed by atoms with Gasteiger partial charge in [0.25, 0.3) is 0 Å². The van der Waals surface area contributed by atoms with E-state index in [4.69, 9.17) is 18.9 Å². The Bertz CT molecular complexity index is 1140. The number of ether oxygens (including phenoxy) is 4. The van der Waals surface area contributed by atoms with E-state index in [2.05, 4.69) is 0 Å². The highest BCUT2D eigenvalue weighted by molar-refractivity contribution is 5.83. The zero-order valence-electron chi connectivity index (χ0n) is 20.1. The largest absolute Gasteiger partial charge is 0.475 e. The van der Waals surface area contributed by atoms with Crippen molar-refractivity contribution in [3.8, 4) is 11.5 Å². The zero-order valence-corrected chi connectivity index (χ0v) is 20.1. The number of esters is 2. The molecule has 0 aliphatic heterocycles. The van der Waals surface area contributed by atoms with Crippen LogP contribution in [0, 0.1) is 0 Å². The van der Waals surface area contributed by atoms with Crippen molar-refractivity contribution < 1.29 is 48.4 Å². The predicted octanol–water partition coefficient (Wildman–Crippen LogP) is 2.48. The Kier molecular flexibility index (Phi) is 6.72. The molecule has 2 aromatic carbocycles. The number of hydrogen-bond donors (Lipinski definition) is 2. The zero-order chi connectivity index (χ0) is 25.3. The fourth-order valence-electron chi connectivity index (χ4n) is 3.28. The molecule has 0 atom stereocenters. The third-order valence-corrected chi connectivity index (χ3v) is 4.37. The maximum absolute atomic E-state index is 12.1. The summed E-state index contributed by atoms with van der Waals surface area (Å²) in [4.78, 5) is 24.1. The maximum atomic E-state index is 12.1. The second kappa shape index (κ2) is 9.20. The van der Waals surface area contributed by atoms with Crippen LogP contribution in [0.3, 0.4) is 0 Å². The lowest BCUT2D eigenvalue weighted by Crippen LogP contribution is -2.43. The first-order chi connectivity index (χ1) is 15.8. The van der Waals surface area contributed by atoms with Crippen LogP contribution in [0.5, 0.6) is 11.5 Å². The van der Waals surface area contributed by atoms with Gasteiger partial charge in [0.15, 0.2) is 13.2 Å². The van der Waals surface area contributed by atoms with Gasteiger partial charge >= 0.3 is 34.0 Å². The quantitative estimate of drug-likeness (QED) is 0.242. The molecule has 0 unspecified atom stereocenters. The van der Waals surface area contributed by atoms with E-state index in [1.54, 1.807) is 77.9 Å². The minimum absolute atomic E-state index is 0.116. The molecule has 3 rings (SSSR count). The van der Waals surface area contributed by atoms with Gasteiger partial charge < -0.3 is 18.9 Å². The molecule has 0 aliphatic carbocycles. The first-order valence-electron chi connectivity index (χ1n) is 10.7. The molecule has 10 nitrogen and oxygen atoms in total. The standard InChI is InChI=1S/C24H30N2O8/c1-23(2,3)33-19(27)13-31-17-11-7-9-15-21(17)25(29)16-10-8-12-18(22(16)26(15)30)32-14-20(28)34-24(4,5)6/h7-12,29-30H,13-14H2,1-6H3/q+2. The molecule has 0 saturated heterocycles. The first-order valence-corrected chi connectivity index (χ1v) is 10.7. The summed E-state index contributed by atoms with van der Waals surface area (Å²) >= 11 is 0. The van der Waals surface area contributed by atoms with Crippen LogP contribution in [0.2, 0.25) is 0 Å². The van der Waals surface area contributed by atoms with Crippen LogP contribution in [-0.4, -0.2) is 46.8 Å². The molecular weight excluding hydrogens is 444 g/mol. The molecule has 2 N–H and O–H groups in total. The van der Waals surface area contributed by atoms with Crippen molar-refractivity contribution in [1.29, 1.82) is 0 Å². The Balaban J connectivity index is 1.98. The molecule has 0 saturated carbocycles. The Morgan fingerprint density at radius 3 is 1.38 bits per heavy atom. The van der Waals surface area contributed by atoms with Crippen LogP contribution >= 0.6 is 0 Å². The molecule has 10 heteroatoms. The van der Waals surface area contributed by atoms with Gasteiger partial charge in [-0.05, 0) is 53.7 Å². The minimum Gasteiger partial charge on any atom is -0.475 e. The van der Waals surface area contributed by atoms with Gasteiger partial charge in [0.1, 0.15) is 11.2 Å². The summed E-state index contributed by atoms with van der Waals surface area (Å²) in [5.41, 5.74) is -0.766. The average Bonchev–Trinajstić information content (AvgIpc) is 2.71. The molecule has 3 aromatic rings. The van der Waals surface area contributed by atoms with E-state index in [1.807, 2.05) is 0 Å². The number of rotatable bonds is 6. The van der Waals surface area contributed by atoms with Crippen molar-refractivity contribution in [2.75, 3.05) is 13.2 Å². The Hall–Kier alpha value is -3.82. The molecule has 34 heavy (non-hydrogen) atoms. The second-order valence-electron chi connectivity index (χ2n) is 9.62. The molecule has 0 bridgehead atoms. The van der Waals surface area contributed by atoms with E-state index < -0.39 is 23.1 Å². The maximum Gasteiger partial charge on any atom is 0.375 e. The van der Waals surface area contributed by atoms with E-state index in [0.717, 1.165) is 9.46 Å². The lowest BCUT2D eigenvalue weighted by Gasteiger charge is -2.19. The summed E-state index contributed by atoms with van der Waals surface area (Å²) in [5, 5.41) is 21.9. The highest BCUT2D eigenvalue weighted by Crippen LogP contribution is 2.26. The van der Waals surface area contributed by atoms with Crippen molar-refractivity contribution in [3.63, 3.8) is 0 Å². The summed E-state index contributed by atoms with van der Waals surface area (Å²) in [5.74, 6) is -0.861. The molecule has 0 amide bonds. The van der Waals surface area contributed by atoms with E-state index in [1.165, 1.54) is 0 Å². The van der Waals surface area contributed by atoms with Crippen LogP contribution in [0.4, 0.5) is 0 Å². The molecule has 0 fully saturated rings. The normalized spacial score (nSPS) is 11.9. The van der Waals surface area contributed by atoms with Gasteiger partial charge in [0.2, 0.25) is 11.5 Å². The number of nitrogens with zero attached hydrogens (tertiary/aromatic N) is 2. The number of carbonyl (C=O) groups is 2. The van der Waals surface area contributed by atoms with Crippen LogP contribution in [0.1, 0.15) is 41.5 Å². The summed E-state index contributed by atoms with van der Waals surface area (Å²) in [7, 11) is 0. The molecule has 0 spiro atoms. The highest BCUT2D eigenvalue weighted by Gasteiger charge is 2.34. The third-order valence-electron chi connectivity index (χ3n) is 4.37. The minimum atomic E-state index is -0.671. The highest BCUT2D eigenvalue weighted by atomic mass is 16.6. The van der Waals surface area contributed by atoms with E-state index >= 15 is 0 Å². The first kappa shape index (κ1) is 24.8. The van der Waals surface area contributed by atoms with Crippen molar-refractivity contribution in [3.05, 3.63) is 36.4 Å². The van der Waals surface area contributed by atoms with Crippen molar-refractivity contribution in [2.45, 2.75) is 52.7 Å². The van der Waals surface area contributed by atoms with Crippen LogP contribution < -0.4 is 18.9 Å². The third kappa shape index (κ3) is 5.75. The lowest BCUT2D eigenvalue weighted by atomic mass is 10.2. The Labute approximate surface area is 196 Å². The van der Waals surface area contributed by atoms with E-state index in [-0.39, 0.29) is 46.8 Å². The van der Waals surface area contributed by atoms with Crippen LogP contribution in [0.15, 0.2) is 36.4 Å². The van der Waals surface area contributed by atoms with Gasteiger partial charge in [0.05, 0.1) is 0 Å². The lowest BCUT2D eigenvalue weighted by molar-refractivity contribution is -0.894. The number of para-hydroxylation sites is 2. The monoisotopic (exact) mass is 474 g/mol. The number of fused-ring (bicyclic) bond motifs is 2. The molecule has 0 aliphatic rings. The number of benzene rings is 2. The second-order valence-corrected chi connectivity index (χ2v) is 9.62. The SMILES string of the molecule is CC(C)(C)OC(=O)COc1cccc2c1[n+](O)c1cccc(OCC(=O)OC(C)(C)C)c1[n+]2O. The van der Waals surface area contributed by atoms with Gasteiger partial charge in [-0.1, -0.05) is 12.1 Å². The summed E-state index contributed by atoms with van der Waals surface area (Å²) < 4.78 is 23.3. The molecular formula is C24H30N2O8+2. The molecule has 1 aromatic heterocycles. The number of hydrogen-bond acceptors (Lipinski definition) is 8. The topological polar surface area (TPSA) is 119 Å². The summed E-state index contributed by atoms with van der Waals surface area (Å²) in [6, 6.07) is 9.38. The van der Waals surface area contributed by atoms with Crippen molar-refractivity contribution in [2.24, 2.45) is 0 Å². The molecule has 182 valence electrons. The Morgan fingerprint density at radius 1 is 0.706 bits per heavy atom. The van der Waals surface area contributed by atoms with Gasteiger partial charge in [-0.25, -0.2) is 9.59 Å². The van der Waals surface area contributed by atoms with Gasteiger partial charge in [-0.2, -0.15) is 0 Å². The van der Waals surface area contributed by atoms with Gasteiger partial charge in [-0.3, -0.25) is 10.4 Å².